The van der Waals surface area contributed by atoms with Crippen molar-refractivity contribution >= 4 is 18.0 Å². The Morgan fingerprint density at radius 3 is 2.78 bits per heavy atom. The van der Waals surface area contributed by atoms with Crippen LogP contribution < -0.4 is 5.32 Å². The number of nitrogens with zero attached hydrogens (tertiary/aromatic N) is 1. The predicted molar refractivity (Wildman–Crippen MR) is 62.0 cm³/mol. The van der Waals surface area contributed by atoms with Crippen molar-refractivity contribution < 1.29 is 24.2 Å². The Balaban J connectivity index is 2.23. The minimum absolute atomic E-state index is 0.0221. The van der Waals surface area contributed by atoms with E-state index in [-0.39, 0.29) is 37.3 Å². The lowest BCUT2D eigenvalue weighted by Gasteiger charge is -2.16. The lowest BCUT2D eigenvalue weighted by molar-refractivity contribution is -0.140. The number of hydrogen-bond acceptors (Lipinski definition) is 4. The Morgan fingerprint density at radius 1 is 1.44 bits per heavy atom. The third kappa shape index (κ3) is 4.60. The van der Waals surface area contributed by atoms with E-state index in [1.54, 1.807) is 4.90 Å². The minimum atomic E-state index is -0.840. The van der Waals surface area contributed by atoms with Crippen molar-refractivity contribution in [1.82, 2.24) is 10.2 Å². The first-order valence-corrected chi connectivity index (χ1v) is 5.84. The highest BCUT2D eigenvalue weighted by Gasteiger charge is 2.27. The zero-order valence-corrected chi connectivity index (χ0v) is 10.3. The third-order valence-electron chi connectivity index (χ3n) is 2.87. The molecule has 1 heterocycles. The molecule has 18 heavy (non-hydrogen) atoms. The van der Waals surface area contributed by atoms with Crippen LogP contribution in [0.2, 0.25) is 0 Å². The van der Waals surface area contributed by atoms with Crippen molar-refractivity contribution in [3.05, 3.63) is 0 Å². The van der Waals surface area contributed by atoms with Crippen LogP contribution in [0.3, 0.4) is 0 Å². The maximum atomic E-state index is 11.7. The number of rotatable bonds is 5. The summed E-state index contributed by atoms with van der Waals surface area (Å²) in [6.07, 6.45) is 0.928. The zero-order chi connectivity index (χ0) is 13.5. The number of esters is 1. The molecule has 1 aliphatic rings. The predicted octanol–water partition coefficient (Wildman–Crippen LogP) is 0.0557. The van der Waals surface area contributed by atoms with E-state index in [2.05, 4.69) is 10.1 Å². The van der Waals surface area contributed by atoms with Crippen LogP contribution in [0.5, 0.6) is 0 Å². The number of carboxylic acid groups (broad SMARTS) is 1. The molecule has 0 saturated carbocycles. The molecular weight excluding hydrogens is 240 g/mol. The number of ether oxygens (including phenoxy) is 1. The molecule has 7 nitrogen and oxygen atoms in total. The van der Waals surface area contributed by atoms with E-state index >= 15 is 0 Å². The van der Waals surface area contributed by atoms with E-state index in [0.717, 1.165) is 0 Å². The van der Waals surface area contributed by atoms with Crippen LogP contribution >= 0.6 is 0 Å². The second-order valence-corrected chi connectivity index (χ2v) is 4.26. The number of amides is 2. The van der Waals surface area contributed by atoms with E-state index < -0.39 is 5.97 Å². The Kier molecular flexibility index (Phi) is 5.41. The first-order chi connectivity index (χ1) is 8.52. The summed E-state index contributed by atoms with van der Waals surface area (Å²) in [5, 5.41) is 11.3. The van der Waals surface area contributed by atoms with Gasteiger partial charge in [0.05, 0.1) is 13.5 Å². The maximum Gasteiger partial charge on any atom is 0.317 e. The summed E-state index contributed by atoms with van der Waals surface area (Å²) in [4.78, 5) is 34.6. The molecule has 1 fully saturated rings. The second-order valence-electron chi connectivity index (χ2n) is 4.26. The molecule has 1 atom stereocenters. The normalized spacial score (nSPS) is 18.5. The van der Waals surface area contributed by atoms with Gasteiger partial charge in [-0.2, -0.15) is 0 Å². The molecule has 7 heteroatoms. The van der Waals surface area contributed by atoms with Gasteiger partial charge in [0.15, 0.2) is 0 Å². The highest BCUT2D eigenvalue weighted by molar-refractivity contribution is 5.76. The molecule has 0 aromatic heterocycles. The van der Waals surface area contributed by atoms with Crippen LogP contribution in [-0.2, 0) is 14.3 Å². The zero-order valence-electron chi connectivity index (χ0n) is 10.3. The van der Waals surface area contributed by atoms with Crippen LogP contribution in [-0.4, -0.2) is 54.7 Å². The monoisotopic (exact) mass is 258 g/mol. The molecule has 0 spiro atoms. The van der Waals surface area contributed by atoms with Gasteiger partial charge < -0.3 is 20.1 Å². The Bertz CT molecular complexity index is 331. The number of urea groups is 1. The molecule has 0 aliphatic carbocycles. The van der Waals surface area contributed by atoms with Gasteiger partial charge >= 0.3 is 18.0 Å². The number of methoxy groups -OCH3 is 1. The molecule has 0 aromatic rings. The number of carbonyl (C=O) groups excluding carboxylic acids is 2. The standard InChI is InChI=1S/C11H18N2O5/c1-18-10(16)2-4-12-11(17)13-5-3-8(7-13)6-9(14)15/h8H,2-7H2,1H3,(H,12,17)(H,14,15). The van der Waals surface area contributed by atoms with Gasteiger partial charge in [-0.15, -0.1) is 0 Å². The van der Waals surface area contributed by atoms with Crippen LogP contribution in [0.4, 0.5) is 4.79 Å². The van der Waals surface area contributed by atoms with Crippen molar-refractivity contribution in [2.24, 2.45) is 5.92 Å². The van der Waals surface area contributed by atoms with Crippen LogP contribution in [0.25, 0.3) is 0 Å². The van der Waals surface area contributed by atoms with Gasteiger partial charge in [0.25, 0.3) is 0 Å². The smallest absolute Gasteiger partial charge is 0.317 e. The van der Waals surface area contributed by atoms with Gasteiger partial charge in [-0.3, -0.25) is 9.59 Å². The lowest BCUT2D eigenvalue weighted by Crippen LogP contribution is -2.39. The quantitative estimate of drug-likeness (QED) is 0.679. The van der Waals surface area contributed by atoms with Gasteiger partial charge in [0.1, 0.15) is 0 Å². The summed E-state index contributed by atoms with van der Waals surface area (Å²) in [5.74, 6) is -1.19. The first-order valence-electron chi connectivity index (χ1n) is 5.84. The summed E-state index contributed by atoms with van der Waals surface area (Å²) >= 11 is 0. The van der Waals surface area contributed by atoms with Crippen molar-refractivity contribution in [1.29, 1.82) is 0 Å². The molecule has 2 N–H and O–H groups in total. The van der Waals surface area contributed by atoms with Crippen molar-refractivity contribution in [3.63, 3.8) is 0 Å². The molecule has 1 aliphatic heterocycles. The van der Waals surface area contributed by atoms with E-state index in [1.165, 1.54) is 7.11 Å². The van der Waals surface area contributed by atoms with Gasteiger partial charge in [-0.1, -0.05) is 0 Å². The Labute approximate surface area is 105 Å². The molecule has 0 aromatic carbocycles. The van der Waals surface area contributed by atoms with Crippen molar-refractivity contribution in [2.45, 2.75) is 19.3 Å². The molecule has 102 valence electrons. The average molecular weight is 258 g/mol. The molecule has 2 amide bonds. The summed E-state index contributed by atoms with van der Waals surface area (Å²) in [5.41, 5.74) is 0. The number of carbonyl (C=O) groups is 3. The van der Waals surface area contributed by atoms with Crippen LogP contribution in [0, 0.1) is 5.92 Å². The average Bonchev–Trinajstić information content (AvgIpc) is 2.76. The summed E-state index contributed by atoms with van der Waals surface area (Å²) in [6, 6.07) is -0.258. The van der Waals surface area contributed by atoms with Crippen molar-refractivity contribution in [3.8, 4) is 0 Å². The van der Waals surface area contributed by atoms with Gasteiger partial charge in [0, 0.05) is 26.1 Å². The van der Waals surface area contributed by atoms with E-state index in [0.29, 0.717) is 19.5 Å². The number of hydrogen-bond donors (Lipinski definition) is 2. The van der Waals surface area contributed by atoms with Crippen LogP contribution in [0.15, 0.2) is 0 Å². The fourth-order valence-electron chi connectivity index (χ4n) is 1.92. The largest absolute Gasteiger partial charge is 0.481 e. The number of aliphatic carboxylic acids is 1. The molecule has 1 unspecified atom stereocenters. The van der Waals surface area contributed by atoms with Gasteiger partial charge in [-0.25, -0.2) is 4.79 Å². The second kappa shape index (κ2) is 6.83. The summed E-state index contributed by atoms with van der Waals surface area (Å²) in [6.45, 7) is 1.24. The highest BCUT2D eigenvalue weighted by Crippen LogP contribution is 2.19. The molecule has 0 radical (unpaired) electrons. The van der Waals surface area contributed by atoms with E-state index in [9.17, 15) is 14.4 Å². The maximum absolute atomic E-state index is 11.7. The number of nitrogens with one attached hydrogen (secondary N) is 1. The fourth-order valence-corrected chi connectivity index (χ4v) is 1.92. The molecule has 1 rings (SSSR count). The number of carboxylic acids is 1. The molecular formula is C11H18N2O5. The Hall–Kier alpha value is -1.79. The fraction of sp³-hybridized carbons (Fsp3) is 0.727. The van der Waals surface area contributed by atoms with Crippen molar-refractivity contribution in [2.75, 3.05) is 26.7 Å². The summed E-state index contributed by atoms with van der Waals surface area (Å²) < 4.78 is 4.45. The third-order valence-corrected chi connectivity index (χ3v) is 2.87. The SMILES string of the molecule is COC(=O)CCNC(=O)N1CCC(CC(=O)O)C1. The van der Waals surface area contributed by atoms with E-state index in [4.69, 9.17) is 5.11 Å². The summed E-state index contributed by atoms with van der Waals surface area (Å²) in [7, 11) is 1.29. The van der Waals surface area contributed by atoms with E-state index in [1.807, 2.05) is 0 Å². The molecule has 1 saturated heterocycles. The Morgan fingerprint density at radius 2 is 2.17 bits per heavy atom. The van der Waals surface area contributed by atoms with Gasteiger partial charge in [-0.05, 0) is 12.3 Å². The molecule has 0 bridgehead atoms. The topological polar surface area (TPSA) is 95.9 Å². The minimum Gasteiger partial charge on any atom is -0.481 e. The van der Waals surface area contributed by atoms with Gasteiger partial charge in [0.2, 0.25) is 0 Å². The van der Waals surface area contributed by atoms with Crippen LogP contribution in [0.1, 0.15) is 19.3 Å². The lowest BCUT2D eigenvalue weighted by atomic mass is 10.1. The number of likely N-dealkylation sites (tertiary alicyclic amines) is 1. The first kappa shape index (κ1) is 14.3. The highest BCUT2D eigenvalue weighted by atomic mass is 16.5.